The van der Waals surface area contributed by atoms with Gasteiger partial charge in [0.2, 0.25) is 0 Å². The lowest BCUT2D eigenvalue weighted by Gasteiger charge is -2.11. The van der Waals surface area contributed by atoms with E-state index in [4.69, 9.17) is 4.74 Å². The molecular formula is C20H26N2O2. The Morgan fingerprint density at radius 3 is 2.50 bits per heavy atom. The first-order valence-electron chi connectivity index (χ1n) is 8.41. The van der Waals surface area contributed by atoms with Gasteiger partial charge in [0, 0.05) is 6.54 Å². The summed E-state index contributed by atoms with van der Waals surface area (Å²) in [4.78, 5) is 11.7. The van der Waals surface area contributed by atoms with Gasteiger partial charge in [0.25, 0.3) is 0 Å². The second-order valence-corrected chi connectivity index (χ2v) is 5.89. The van der Waals surface area contributed by atoms with Crippen molar-refractivity contribution in [3.63, 3.8) is 0 Å². The van der Waals surface area contributed by atoms with Crippen LogP contribution in [-0.4, -0.2) is 25.7 Å². The Bertz CT molecular complexity index is 641. The van der Waals surface area contributed by atoms with Crippen LogP contribution in [0.25, 0.3) is 0 Å². The lowest BCUT2D eigenvalue weighted by Crippen LogP contribution is -2.38. The van der Waals surface area contributed by atoms with E-state index in [9.17, 15) is 4.79 Å². The molecule has 2 N–H and O–H groups in total. The van der Waals surface area contributed by atoms with Crippen LogP contribution in [0, 0.1) is 13.8 Å². The summed E-state index contributed by atoms with van der Waals surface area (Å²) in [5, 5.41) is 5.67. The van der Waals surface area contributed by atoms with Crippen LogP contribution in [0.3, 0.4) is 0 Å². The van der Waals surface area contributed by atoms with E-state index in [0.717, 1.165) is 24.2 Å². The molecule has 0 aromatic heterocycles. The van der Waals surface area contributed by atoms with Crippen LogP contribution in [0.2, 0.25) is 0 Å². The molecule has 0 fully saturated rings. The Morgan fingerprint density at radius 2 is 1.75 bits per heavy atom. The van der Waals surface area contributed by atoms with Crippen LogP contribution in [0.15, 0.2) is 48.5 Å². The molecular weight excluding hydrogens is 300 g/mol. The van der Waals surface area contributed by atoms with E-state index in [1.165, 1.54) is 11.1 Å². The van der Waals surface area contributed by atoms with Crippen LogP contribution in [-0.2, 0) is 6.42 Å². The first kappa shape index (κ1) is 17.9. The van der Waals surface area contributed by atoms with Crippen LogP contribution < -0.4 is 15.4 Å². The maximum atomic E-state index is 11.7. The topological polar surface area (TPSA) is 50.4 Å². The number of ether oxygens (including phenoxy) is 1. The number of carbonyl (C=O) groups is 1. The SMILES string of the molecule is Cc1ccc(OCCNC(=O)NCCCc2ccccc2)c(C)c1. The molecule has 24 heavy (non-hydrogen) atoms. The van der Waals surface area contributed by atoms with Crippen LogP contribution >= 0.6 is 0 Å². The Balaban J connectivity index is 1.55. The largest absolute Gasteiger partial charge is 0.491 e. The fourth-order valence-corrected chi connectivity index (χ4v) is 2.49. The number of urea groups is 1. The number of rotatable bonds is 8. The second kappa shape index (κ2) is 9.60. The molecule has 2 rings (SSSR count). The van der Waals surface area contributed by atoms with Crippen molar-refractivity contribution in [1.29, 1.82) is 0 Å². The number of aryl methyl sites for hydroxylation is 3. The van der Waals surface area contributed by atoms with Gasteiger partial charge in [-0.3, -0.25) is 0 Å². The van der Waals surface area contributed by atoms with Crippen molar-refractivity contribution in [2.45, 2.75) is 26.7 Å². The fraction of sp³-hybridized carbons (Fsp3) is 0.350. The lowest BCUT2D eigenvalue weighted by molar-refractivity contribution is 0.236. The van der Waals surface area contributed by atoms with E-state index < -0.39 is 0 Å². The Morgan fingerprint density at radius 1 is 1.00 bits per heavy atom. The van der Waals surface area contributed by atoms with Gasteiger partial charge >= 0.3 is 6.03 Å². The molecule has 0 spiro atoms. The van der Waals surface area contributed by atoms with Gasteiger partial charge in [-0.2, -0.15) is 0 Å². The molecule has 2 aromatic rings. The summed E-state index contributed by atoms with van der Waals surface area (Å²) in [6, 6.07) is 16.2. The lowest BCUT2D eigenvalue weighted by atomic mass is 10.1. The first-order chi connectivity index (χ1) is 11.6. The number of hydrogen-bond donors (Lipinski definition) is 2. The summed E-state index contributed by atoms with van der Waals surface area (Å²) >= 11 is 0. The zero-order valence-corrected chi connectivity index (χ0v) is 14.5. The second-order valence-electron chi connectivity index (χ2n) is 5.89. The zero-order valence-electron chi connectivity index (χ0n) is 14.5. The predicted octanol–water partition coefficient (Wildman–Crippen LogP) is 3.61. The number of hydrogen-bond acceptors (Lipinski definition) is 2. The standard InChI is InChI=1S/C20H26N2O2/c1-16-10-11-19(17(2)15-16)24-14-13-22-20(23)21-12-6-9-18-7-4-3-5-8-18/h3-5,7-8,10-11,15H,6,9,12-14H2,1-2H3,(H2,21,22,23). The van der Waals surface area contributed by atoms with Crippen molar-refractivity contribution in [3.8, 4) is 5.75 Å². The van der Waals surface area contributed by atoms with Crippen molar-refractivity contribution in [1.82, 2.24) is 10.6 Å². The highest BCUT2D eigenvalue weighted by Crippen LogP contribution is 2.18. The average molecular weight is 326 g/mol. The molecule has 128 valence electrons. The van der Waals surface area contributed by atoms with Crippen molar-refractivity contribution < 1.29 is 9.53 Å². The van der Waals surface area contributed by atoms with E-state index in [1.807, 2.05) is 37.3 Å². The number of amides is 2. The van der Waals surface area contributed by atoms with Crippen LogP contribution in [0.1, 0.15) is 23.1 Å². The maximum absolute atomic E-state index is 11.7. The third-order valence-corrected chi connectivity index (χ3v) is 3.75. The molecule has 0 radical (unpaired) electrons. The zero-order chi connectivity index (χ0) is 17.2. The molecule has 0 heterocycles. The Hall–Kier alpha value is -2.49. The normalized spacial score (nSPS) is 10.2. The smallest absolute Gasteiger partial charge is 0.314 e. The number of benzene rings is 2. The third kappa shape index (κ3) is 6.32. The number of nitrogens with one attached hydrogen (secondary N) is 2. The molecule has 4 nitrogen and oxygen atoms in total. The highest BCUT2D eigenvalue weighted by molar-refractivity contribution is 5.73. The molecule has 0 aliphatic heterocycles. The van der Waals surface area contributed by atoms with Gasteiger partial charge in [-0.25, -0.2) is 4.79 Å². The molecule has 0 aliphatic rings. The summed E-state index contributed by atoms with van der Waals surface area (Å²) in [7, 11) is 0. The Kier molecular flexibility index (Phi) is 7.15. The van der Waals surface area contributed by atoms with E-state index in [2.05, 4.69) is 35.8 Å². The highest BCUT2D eigenvalue weighted by atomic mass is 16.5. The van der Waals surface area contributed by atoms with E-state index in [1.54, 1.807) is 0 Å². The van der Waals surface area contributed by atoms with Gasteiger partial charge in [0.1, 0.15) is 12.4 Å². The molecule has 2 amide bonds. The minimum Gasteiger partial charge on any atom is -0.491 e. The van der Waals surface area contributed by atoms with Gasteiger partial charge < -0.3 is 15.4 Å². The summed E-state index contributed by atoms with van der Waals surface area (Å²) < 4.78 is 5.68. The minimum atomic E-state index is -0.146. The minimum absolute atomic E-state index is 0.146. The van der Waals surface area contributed by atoms with Crippen molar-refractivity contribution >= 4 is 6.03 Å². The van der Waals surface area contributed by atoms with Gasteiger partial charge in [-0.1, -0.05) is 48.0 Å². The maximum Gasteiger partial charge on any atom is 0.314 e. The van der Waals surface area contributed by atoms with Crippen LogP contribution in [0.5, 0.6) is 5.75 Å². The Labute approximate surface area is 144 Å². The van der Waals surface area contributed by atoms with E-state index in [-0.39, 0.29) is 6.03 Å². The highest BCUT2D eigenvalue weighted by Gasteiger charge is 2.01. The average Bonchev–Trinajstić information content (AvgIpc) is 2.58. The monoisotopic (exact) mass is 326 g/mol. The summed E-state index contributed by atoms with van der Waals surface area (Å²) in [5.74, 6) is 0.866. The van der Waals surface area contributed by atoms with Crippen molar-refractivity contribution in [2.75, 3.05) is 19.7 Å². The molecule has 0 saturated carbocycles. The van der Waals surface area contributed by atoms with Gasteiger partial charge in [-0.15, -0.1) is 0 Å². The summed E-state index contributed by atoms with van der Waals surface area (Å²) in [6.07, 6.45) is 1.90. The fourth-order valence-electron chi connectivity index (χ4n) is 2.49. The quantitative estimate of drug-likeness (QED) is 0.728. The van der Waals surface area contributed by atoms with Gasteiger partial charge in [-0.05, 0) is 43.9 Å². The molecule has 0 atom stereocenters. The van der Waals surface area contributed by atoms with E-state index >= 15 is 0 Å². The van der Waals surface area contributed by atoms with Crippen molar-refractivity contribution in [3.05, 3.63) is 65.2 Å². The molecule has 4 heteroatoms. The molecule has 0 saturated heterocycles. The summed E-state index contributed by atoms with van der Waals surface area (Å²) in [6.45, 7) is 5.69. The van der Waals surface area contributed by atoms with Crippen molar-refractivity contribution in [2.24, 2.45) is 0 Å². The third-order valence-electron chi connectivity index (χ3n) is 3.75. The molecule has 0 bridgehead atoms. The summed E-state index contributed by atoms with van der Waals surface area (Å²) in [5.41, 5.74) is 3.62. The van der Waals surface area contributed by atoms with Crippen LogP contribution in [0.4, 0.5) is 4.79 Å². The first-order valence-corrected chi connectivity index (χ1v) is 8.41. The molecule has 0 aliphatic carbocycles. The van der Waals surface area contributed by atoms with Gasteiger partial charge in [0.15, 0.2) is 0 Å². The molecule has 2 aromatic carbocycles. The predicted molar refractivity (Wildman–Crippen MR) is 97.6 cm³/mol. The van der Waals surface area contributed by atoms with E-state index in [0.29, 0.717) is 19.7 Å². The number of carbonyl (C=O) groups excluding carboxylic acids is 1. The molecule has 0 unspecified atom stereocenters. The van der Waals surface area contributed by atoms with Gasteiger partial charge in [0.05, 0.1) is 6.54 Å².